The lowest BCUT2D eigenvalue weighted by molar-refractivity contribution is -0.141. The molecule has 25 heavy (non-hydrogen) atoms. The number of aromatic amines is 1. The van der Waals surface area contributed by atoms with Crippen LogP contribution in [0.1, 0.15) is 35.9 Å². The van der Waals surface area contributed by atoms with Gasteiger partial charge in [-0.05, 0) is 24.4 Å². The van der Waals surface area contributed by atoms with Crippen LogP contribution < -0.4 is 4.90 Å². The summed E-state index contributed by atoms with van der Waals surface area (Å²) in [7, 11) is 0. The fourth-order valence-electron chi connectivity index (χ4n) is 3.33. The molecule has 0 spiro atoms. The molecule has 0 amide bonds. The zero-order chi connectivity index (χ0) is 17.8. The molecule has 0 radical (unpaired) electrons. The number of hydrogen-bond donors (Lipinski definition) is 1. The van der Waals surface area contributed by atoms with Gasteiger partial charge in [0, 0.05) is 41.6 Å². The summed E-state index contributed by atoms with van der Waals surface area (Å²) in [6.07, 6.45) is -2.22. The molecule has 4 heterocycles. The first-order valence-corrected chi connectivity index (χ1v) is 9.24. The maximum Gasteiger partial charge on any atom is 0.435 e. The summed E-state index contributed by atoms with van der Waals surface area (Å²) in [6, 6.07) is 0. The summed E-state index contributed by atoms with van der Waals surface area (Å²) in [4.78, 5) is 10.5. The van der Waals surface area contributed by atoms with Crippen molar-refractivity contribution >= 4 is 29.2 Å². The zero-order valence-corrected chi connectivity index (χ0v) is 14.9. The van der Waals surface area contributed by atoms with E-state index in [-0.39, 0.29) is 17.4 Å². The molecule has 2 aliphatic rings. The van der Waals surface area contributed by atoms with Gasteiger partial charge in [-0.3, -0.25) is 5.10 Å². The predicted octanol–water partition coefficient (Wildman–Crippen LogP) is 3.86. The second kappa shape index (κ2) is 6.05. The van der Waals surface area contributed by atoms with Gasteiger partial charge in [0.05, 0.1) is 0 Å². The standard InChI is InChI=1S/C15H15ClF3N5S/c1-2-7-5-8-12(20-14(16)21-13(8)25-7)24-4-3-10-9(6-24)11(23-22-10)15(17,18)19/h7H,2-6H2,1H3,(H,22,23). The van der Waals surface area contributed by atoms with Crippen molar-refractivity contribution in [1.29, 1.82) is 0 Å². The van der Waals surface area contributed by atoms with E-state index >= 15 is 0 Å². The average Bonchev–Trinajstić information content (AvgIpc) is 3.16. The van der Waals surface area contributed by atoms with Crippen LogP contribution in [0.5, 0.6) is 0 Å². The molecule has 0 saturated carbocycles. The van der Waals surface area contributed by atoms with Crippen LogP contribution in [-0.2, 0) is 25.6 Å². The monoisotopic (exact) mass is 389 g/mol. The van der Waals surface area contributed by atoms with Crippen LogP contribution in [0, 0.1) is 0 Å². The smallest absolute Gasteiger partial charge is 0.351 e. The highest BCUT2D eigenvalue weighted by Gasteiger charge is 2.40. The minimum atomic E-state index is -4.47. The van der Waals surface area contributed by atoms with Gasteiger partial charge < -0.3 is 4.90 Å². The van der Waals surface area contributed by atoms with Gasteiger partial charge >= 0.3 is 6.18 Å². The SMILES string of the molecule is CCC1Cc2c(nc(Cl)nc2N2CCc3[nH]nc(C(F)(F)F)c3C2)S1. The molecule has 2 aromatic rings. The number of rotatable bonds is 2. The lowest BCUT2D eigenvalue weighted by Crippen LogP contribution is -2.33. The molecule has 0 saturated heterocycles. The first-order valence-electron chi connectivity index (χ1n) is 7.98. The van der Waals surface area contributed by atoms with Crippen molar-refractivity contribution in [3.05, 3.63) is 27.8 Å². The fourth-order valence-corrected chi connectivity index (χ4v) is 4.73. The Kier molecular flexibility index (Phi) is 4.10. The van der Waals surface area contributed by atoms with Crippen LogP contribution in [0.3, 0.4) is 0 Å². The average molecular weight is 390 g/mol. The Morgan fingerprint density at radius 2 is 2.12 bits per heavy atom. The molecule has 4 rings (SSSR count). The third kappa shape index (κ3) is 2.97. The third-order valence-electron chi connectivity index (χ3n) is 4.59. The molecule has 2 aliphatic heterocycles. The molecule has 10 heteroatoms. The number of aromatic nitrogens is 4. The number of fused-ring (bicyclic) bond motifs is 2. The lowest BCUT2D eigenvalue weighted by Gasteiger charge is -2.29. The van der Waals surface area contributed by atoms with Crippen molar-refractivity contribution in [1.82, 2.24) is 20.2 Å². The quantitative estimate of drug-likeness (QED) is 0.624. The highest BCUT2D eigenvalue weighted by Crippen LogP contribution is 2.43. The second-order valence-electron chi connectivity index (χ2n) is 6.15. The van der Waals surface area contributed by atoms with E-state index in [1.807, 2.05) is 4.90 Å². The normalized spacial score (nSPS) is 19.9. The van der Waals surface area contributed by atoms with Crippen molar-refractivity contribution in [2.24, 2.45) is 0 Å². The van der Waals surface area contributed by atoms with Crippen LogP contribution in [-0.4, -0.2) is 32.0 Å². The molecule has 0 aliphatic carbocycles. The van der Waals surface area contributed by atoms with Crippen LogP contribution in [0.15, 0.2) is 5.03 Å². The van der Waals surface area contributed by atoms with E-state index in [1.54, 1.807) is 11.8 Å². The molecule has 0 bridgehead atoms. The van der Waals surface area contributed by atoms with Gasteiger partial charge in [-0.2, -0.15) is 18.3 Å². The lowest BCUT2D eigenvalue weighted by atomic mass is 10.0. The maximum absolute atomic E-state index is 13.2. The van der Waals surface area contributed by atoms with Gasteiger partial charge in [0.2, 0.25) is 5.28 Å². The van der Waals surface area contributed by atoms with Gasteiger partial charge in [0.1, 0.15) is 10.8 Å². The number of nitrogens with zero attached hydrogens (tertiary/aromatic N) is 4. The first-order chi connectivity index (χ1) is 11.9. The number of H-pyrrole nitrogens is 1. The molecular formula is C15H15ClF3N5S. The number of hydrogen-bond acceptors (Lipinski definition) is 5. The highest BCUT2D eigenvalue weighted by atomic mass is 35.5. The van der Waals surface area contributed by atoms with Crippen LogP contribution in [0.25, 0.3) is 0 Å². The van der Waals surface area contributed by atoms with E-state index in [0.29, 0.717) is 29.7 Å². The van der Waals surface area contributed by atoms with Crippen LogP contribution in [0.4, 0.5) is 19.0 Å². The fraction of sp³-hybridized carbons (Fsp3) is 0.533. The van der Waals surface area contributed by atoms with Gasteiger partial charge in [-0.25, -0.2) is 9.97 Å². The highest BCUT2D eigenvalue weighted by molar-refractivity contribution is 8.00. The van der Waals surface area contributed by atoms with Gasteiger partial charge in [0.25, 0.3) is 0 Å². The Hall–Kier alpha value is -1.48. The number of alkyl halides is 3. The molecule has 2 aromatic heterocycles. The molecule has 134 valence electrons. The maximum atomic E-state index is 13.2. The minimum Gasteiger partial charge on any atom is -0.351 e. The summed E-state index contributed by atoms with van der Waals surface area (Å²) in [6.45, 7) is 2.78. The summed E-state index contributed by atoms with van der Waals surface area (Å²) in [5.41, 5.74) is 0.882. The summed E-state index contributed by atoms with van der Waals surface area (Å²) < 4.78 is 39.5. The molecule has 5 nitrogen and oxygen atoms in total. The van der Waals surface area contributed by atoms with E-state index < -0.39 is 11.9 Å². The van der Waals surface area contributed by atoms with Crippen LogP contribution >= 0.6 is 23.4 Å². The molecule has 1 unspecified atom stereocenters. The zero-order valence-electron chi connectivity index (χ0n) is 13.3. The Morgan fingerprint density at radius 3 is 2.84 bits per heavy atom. The van der Waals surface area contributed by atoms with Crippen molar-refractivity contribution in [2.75, 3.05) is 11.4 Å². The van der Waals surface area contributed by atoms with Gasteiger partial charge in [-0.1, -0.05) is 6.92 Å². The van der Waals surface area contributed by atoms with Crippen molar-refractivity contribution in [3.8, 4) is 0 Å². The number of nitrogens with one attached hydrogen (secondary N) is 1. The second-order valence-corrected chi connectivity index (χ2v) is 7.78. The Labute approximate surface area is 151 Å². The Morgan fingerprint density at radius 1 is 1.32 bits per heavy atom. The van der Waals surface area contributed by atoms with E-state index in [2.05, 4.69) is 27.1 Å². The van der Waals surface area contributed by atoms with Gasteiger partial charge in [-0.15, -0.1) is 11.8 Å². The number of thioether (sulfide) groups is 1. The first kappa shape index (κ1) is 17.0. The molecule has 0 aromatic carbocycles. The van der Waals surface area contributed by atoms with E-state index in [0.717, 1.165) is 23.4 Å². The van der Waals surface area contributed by atoms with Crippen molar-refractivity contribution < 1.29 is 13.2 Å². The molecule has 1 atom stereocenters. The summed E-state index contributed by atoms with van der Waals surface area (Å²) >= 11 is 7.72. The Bertz CT molecular complexity index is 822. The van der Waals surface area contributed by atoms with Crippen molar-refractivity contribution in [3.63, 3.8) is 0 Å². The van der Waals surface area contributed by atoms with Gasteiger partial charge in [0.15, 0.2) is 5.69 Å². The summed E-state index contributed by atoms with van der Waals surface area (Å²) in [5, 5.41) is 7.38. The van der Waals surface area contributed by atoms with Crippen LogP contribution in [0.2, 0.25) is 5.28 Å². The minimum absolute atomic E-state index is 0.113. The molecular weight excluding hydrogens is 375 g/mol. The largest absolute Gasteiger partial charge is 0.435 e. The van der Waals surface area contributed by atoms with Crippen molar-refractivity contribution in [2.45, 2.75) is 49.2 Å². The summed E-state index contributed by atoms with van der Waals surface area (Å²) in [5.74, 6) is 0.651. The van der Waals surface area contributed by atoms with E-state index in [9.17, 15) is 13.2 Å². The molecule has 0 fully saturated rings. The third-order valence-corrected chi connectivity index (χ3v) is 6.15. The Balaban J connectivity index is 1.71. The molecule has 1 N–H and O–H groups in total. The van der Waals surface area contributed by atoms with E-state index in [4.69, 9.17) is 11.6 Å². The predicted molar refractivity (Wildman–Crippen MR) is 89.0 cm³/mol. The number of halogens is 4. The van der Waals surface area contributed by atoms with E-state index in [1.165, 1.54) is 0 Å². The number of anilines is 1. The topological polar surface area (TPSA) is 57.7 Å².